The average Bonchev–Trinajstić information content (AvgIpc) is 3.68. The molecule has 3 aromatic heterocycles. The van der Waals surface area contributed by atoms with Gasteiger partial charge in [-0.05, 0) is 117 Å². The fraction of sp³-hybridized carbons (Fsp3) is 0.250. The molecule has 0 spiro atoms. The minimum Gasteiger partial charge on any atom is -0.268 e. The van der Waals surface area contributed by atoms with Crippen molar-refractivity contribution in [1.29, 1.82) is 0 Å². The Bertz CT molecular complexity index is 1880. The van der Waals surface area contributed by atoms with Crippen LogP contribution in [0.25, 0.3) is 22.5 Å². The molecule has 0 saturated heterocycles. The highest BCUT2D eigenvalue weighted by atomic mass is 32.1. The summed E-state index contributed by atoms with van der Waals surface area (Å²) in [5.41, 5.74) is 8.82. The first-order valence-corrected chi connectivity index (χ1v) is 15.6. The number of hydrogen-bond acceptors (Lipinski definition) is 4. The predicted molar refractivity (Wildman–Crippen MR) is 175 cm³/mol. The Morgan fingerprint density at radius 1 is 0.644 bits per heavy atom. The Labute approximate surface area is 266 Å². The first kappa shape index (κ1) is 31.9. The van der Waals surface area contributed by atoms with E-state index in [1.165, 1.54) is 40.2 Å². The normalized spacial score (nSPS) is 11.0. The van der Waals surface area contributed by atoms with E-state index in [-0.39, 0.29) is 11.4 Å². The van der Waals surface area contributed by atoms with E-state index in [0.29, 0.717) is 18.4 Å². The molecule has 5 nitrogen and oxygen atoms in total. The van der Waals surface area contributed by atoms with Crippen molar-refractivity contribution in [2.75, 3.05) is 0 Å². The van der Waals surface area contributed by atoms with Gasteiger partial charge in [0.2, 0.25) is 0 Å². The minimum atomic E-state index is -0.480. The molecule has 6 aromatic rings. The summed E-state index contributed by atoms with van der Waals surface area (Å²) in [7, 11) is 3.75. The molecule has 0 fully saturated rings. The van der Waals surface area contributed by atoms with Crippen LogP contribution in [0.3, 0.4) is 0 Å². The Morgan fingerprint density at radius 2 is 1.24 bits per heavy atom. The monoisotopic (exact) mass is 627 g/mol. The summed E-state index contributed by atoms with van der Waals surface area (Å²) in [5, 5.41) is 8.61. The van der Waals surface area contributed by atoms with Crippen molar-refractivity contribution in [3.8, 4) is 22.5 Å². The summed E-state index contributed by atoms with van der Waals surface area (Å²) in [6.45, 7) is 5.93. The zero-order valence-corrected chi connectivity index (χ0v) is 26.9. The third kappa shape index (κ3) is 7.78. The van der Waals surface area contributed by atoms with Gasteiger partial charge in [-0.2, -0.15) is 10.2 Å². The van der Waals surface area contributed by atoms with Gasteiger partial charge in [0.1, 0.15) is 17.5 Å². The Hall–Kier alpha value is -4.50. The van der Waals surface area contributed by atoms with E-state index in [2.05, 4.69) is 21.5 Å². The second-order valence-electron chi connectivity index (χ2n) is 11.2. The van der Waals surface area contributed by atoms with E-state index in [0.717, 1.165) is 52.3 Å². The lowest BCUT2D eigenvalue weighted by atomic mass is 10.0. The SMILES string of the molecule is Cc1cc(-c2ccc(CCc3c(F)cccc3F)cc2)n(C)n1.Cc1cc(-c2ccc(CCc3sncc3C)cc2F)n(C)n1. The molecule has 0 saturated carbocycles. The quantitative estimate of drug-likeness (QED) is 0.170. The second-order valence-corrected chi connectivity index (χ2v) is 12.1. The first-order chi connectivity index (χ1) is 21.6. The lowest BCUT2D eigenvalue weighted by Gasteiger charge is -2.07. The second kappa shape index (κ2) is 14.1. The number of aryl methyl sites for hydroxylation is 8. The van der Waals surface area contributed by atoms with Crippen molar-refractivity contribution in [2.24, 2.45) is 14.1 Å². The molecule has 9 heteroatoms. The number of rotatable bonds is 8. The van der Waals surface area contributed by atoms with E-state index in [9.17, 15) is 13.2 Å². The maximum atomic E-state index is 14.4. The number of benzene rings is 3. The van der Waals surface area contributed by atoms with Gasteiger partial charge in [-0.1, -0.05) is 36.4 Å². The molecule has 3 heterocycles. The molecule has 0 N–H and O–H groups in total. The van der Waals surface area contributed by atoms with Gasteiger partial charge in [-0.15, -0.1) is 0 Å². The van der Waals surface area contributed by atoms with Gasteiger partial charge in [0, 0.05) is 36.3 Å². The van der Waals surface area contributed by atoms with Crippen molar-refractivity contribution in [2.45, 2.75) is 46.5 Å². The van der Waals surface area contributed by atoms with Crippen molar-refractivity contribution >= 4 is 11.5 Å². The average molecular weight is 628 g/mol. The maximum absolute atomic E-state index is 14.4. The molecular weight excluding hydrogens is 591 g/mol. The molecule has 0 radical (unpaired) electrons. The molecule has 3 aromatic carbocycles. The van der Waals surface area contributed by atoms with Crippen LogP contribution < -0.4 is 0 Å². The summed E-state index contributed by atoms with van der Waals surface area (Å²) >= 11 is 1.52. The van der Waals surface area contributed by atoms with E-state index < -0.39 is 11.6 Å². The zero-order chi connectivity index (χ0) is 32.1. The fourth-order valence-electron chi connectivity index (χ4n) is 5.36. The molecule has 0 aliphatic rings. The Kier molecular flexibility index (Phi) is 9.98. The van der Waals surface area contributed by atoms with Gasteiger partial charge < -0.3 is 0 Å². The molecule has 0 aliphatic carbocycles. The first-order valence-electron chi connectivity index (χ1n) is 14.8. The molecule has 0 amide bonds. The van der Waals surface area contributed by atoms with Gasteiger partial charge in [-0.25, -0.2) is 17.5 Å². The van der Waals surface area contributed by atoms with E-state index in [1.807, 2.05) is 87.4 Å². The van der Waals surface area contributed by atoms with Crippen LogP contribution in [-0.2, 0) is 39.8 Å². The number of aromatic nitrogens is 5. The summed E-state index contributed by atoms with van der Waals surface area (Å²) in [4.78, 5) is 1.27. The number of halogens is 3. The predicted octanol–water partition coefficient (Wildman–Crippen LogP) is 8.54. The van der Waals surface area contributed by atoms with Crippen LogP contribution in [0.15, 0.2) is 79.0 Å². The Morgan fingerprint density at radius 3 is 1.80 bits per heavy atom. The molecule has 0 aliphatic heterocycles. The van der Waals surface area contributed by atoms with Crippen molar-refractivity contribution in [3.05, 3.63) is 135 Å². The van der Waals surface area contributed by atoms with Gasteiger partial charge in [0.25, 0.3) is 0 Å². The van der Waals surface area contributed by atoms with E-state index in [1.54, 1.807) is 10.7 Å². The summed E-state index contributed by atoms with van der Waals surface area (Å²) in [5.74, 6) is -1.15. The minimum absolute atomic E-state index is 0.152. The van der Waals surface area contributed by atoms with Crippen LogP contribution in [0.2, 0.25) is 0 Å². The van der Waals surface area contributed by atoms with E-state index in [4.69, 9.17) is 0 Å². The lowest BCUT2D eigenvalue weighted by molar-refractivity contribution is 0.554. The smallest absolute Gasteiger partial charge is 0.132 e. The summed E-state index contributed by atoms with van der Waals surface area (Å²) < 4.78 is 49.4. The maximum Gasteiger partial charge on any atom is 0.132 e. The van der Waals surface area contributed by atoms with Crippen molar-refractivity contribution in [1.82, 2.24) is 23.9 Å². The van der Waals surface area contributed by atoms with Gasteiger partial charge in [0.15, 0.2) is 0 Å². The van der Waals surface area contributed by atoms with Crippen LogP contribution in [0.5, 0.6) is 0 Å². The summed E-state index contributed by atoms with van der Waals surface area (Å²) in [6, 6.07) is 21.4. The molecule has 0 unspecified atom stereocenters. The Balaban J connectivity index is 0.000000178. The molecule has 6 rings (SSSR count). The van der Waals surface area contributed by atoms with Gasteiger partial charge in [0.05, 0.1) is 22.8 Å². The lowest BCUT2D eigenvalue weighted by Crippen LogP contribution is -1.99. The number of nitrogens with zero attached hydrogens (tertiary/aromatic N) is 5. The van der Waals surface area contributed by atoms with Crippen molar-refractivity contribution < 1.29 is 13.2 Å². The molecule has 232 valence electrons. The summed E-state index contributed by atoms with van der Waals surface area (Å²) in [6.07, 6.45) is 4.56. The topological polar surface area (TPSA) is 48.5 Å². The van der Waals surface area contributed by atoms with Crippen LogP contribution in [0, 0.1) is 38.2 Å². The standard InChI is InChI=1S/C19H18F2N2.C17H18FN3S/c1-13-12-19(23(2)22-13)15-9-6-14(7-10-15)8-11-16-17(20)4-3-5-18(16)21;1-11-10-19-22-17(11)7-5-13-4-6-14(15(18)9-13)16-8-12(2)20-21(16)3/h3-7,9-10,12H,8,11H2,1-2H3;4,6,8-10H,5,7H2,1-3H3. The highest BCUT2D eigenvalue weighted by Crippen LogP contribution is 2.25. The third-order valence-electron chi connectivity index (χ3n) is 7.78. The van der Waals surface area contributed by atoms with Gasteiger partial charge >= 0.3 is 0 Å². The van der Waals surface area contributed by atoms with Crippen molar-refractivity contribution in [3.63, 3.8) is 0 Å². The fourth-order valence-corrected chi connectivity index (χ4v) is 6.09. The molecule has 0 bridgehead atoms. The van der Waals surface area contributed by atoms with Crippen LogP contribution in [0.4, 0.5) is 13.2 Å². The van der Waals surface area contributed by atoms with E-state index >= 15 is 0 Å². The highest BCUT2D eigenvalue weighted by Gasteiger charge is 2.12. The highest BCUT2D eigenvalue weighted by molar-refractivity contribution is 7.05. The van der Waals surface area contributed by atoms with Crippen LogP contribution in [0.1, 0.15) is 38.5 Å². The largest absolute Gasteiger partial charge is 0.268 e. The van der Waals surface area contributed by atoms with Gasteiger partial charge in [-0.3, -0.25) is 9.36 Å². The van der Waals surface area contributed by atoms with Crippen LogP contribution in [-0.4, -0.2) is 23.9 Å². The third-order valence-corrected chi connectivity index (χ3v) is 8.74. The van der Waals surface area contributed by atoms with Crippen LogP contribution >= 0.6 is 11.5 Å². The molecule has 45 heavy (non-hydrogen) atoms. The molecular formula is C36H36F3N5S. The zero-order valence-electron chi connectivity index (χ0n) is 26.1. The number of hydrogen-bond donors (Lipinski definition) is 0. The molecule has 0 atom stereocenters.